The van der Waals surface area contributed by atoms with Gasteiger partial charge in [-0.25, -0.2) is 4.98 Å². The van der Waals surface area contributed by atoms with Crippen molar-refractivity contribution in [2.45, 2.75) is 6.92 Å². The number of carbonyl (C=O) groups excluding carboxylic acids is 2. The summed E-state index contributed by atoms with van der Waals surface area (Å²) < 4.78 is 1.77. The summed E-state index contributed by atoms with van der Waals surface area (Å²) in [6.45, 7) is 1.86. The van der Waals surface area contributed by atoms with Crippen LogP contribution in [0.15, 0.2) is 60.8 Å². The molecule has 0 bridgehead atoms. The zero-order valence-corrected chi connectivity index (χ0v) is 20.2. The molecule has 4 aromatic rings. The van der Waals surface area contributed by atoms with Crippen molar-refractivity contribution in [1.82, 2.24) is 14.9 Å². The first-order valence-corrected chi connectivity index (χ1v) is 10.8. The second kappa shape index (κ2) is 12.9. The van der Waals surface area contributed by atoms with Gasteiger partial charge in [0.15, 0.2) is 18.4 Å². The fraction of sp³-hybridized carbons (Fsp3) is 0.154. The number of nitriles is 1. The standard InChI is InChI=1S/C14H9ClN2O.C10H10N2O.C2H7N/c15-12-5-3-7-16-14(12)17-11(9-18)8-10-4-1-2-6-13(10)17;1-7-3-8(5-11)4-9(6-13)10(7)12-2;1-3-2/h1-9H;3-4,6,12H,1-2H3;3H,1-2H3. The molecule has 0 saturated carbocycles. The number of rotatable bonds is 4. The van der Waals surface area contributed by atoms with Crippen LogP contribution in [0.25, 0.3) is 16.7 Å². The minimum Gasteiger partial charge on any atom is -0.387 e. The number of aromatic nitrogens is 2. The van der Waals surface area contributed by atoms with Crippen LogP contribution < -0.4 is 10.6 Å². The molecule has 2 aromatic carbocycles. The number of anilines is 1. The van der Waals surface area contributed by atoms with Gasteiger partial charge in [-0.1, -0.05) is 29.8 Å². The van der Waals surface area contributed by atoms with Gasteiger partial charge in [0.25, 0.3) is 0 Å². The molecule has 0 aliphatic carbocycles. The third-order valence-corrected chi connectivity index (χ3v) is 4.98. The van der Waals surface area contributed by atoms with Crippen molar-refractivity contribution in [2.24, 2.45) is 0 Å². The van der Waals surface area contributed by atoms with Crippen molar-refractivity contribution in [2.75, 3.05) is 26.5 Å². The molecule has 0 fully saturated rings. The van der Waals surface area contributed by atoms with Crippen LogP contribution in [-0.2, 0) is 0 Å². The first kappa shape index (κ1) is 26.3. The Balaban J connectivity index is 0.000000226. The monoisotopic (exact) mass is 475 g/mol. The van der Waals surface area contributed by atoms with Gasteiger partial charge in [0.2, 0.25) is 0 Å². The molecule has 4 rings (SSSR count). The summed E-state index contributed by atoms with van der Waals surface area (Å²) in [5.41, 5.74) is 4.19. The first-order chi connectivity index (χ1) is 16.4. The molecule has 0 radical (unpaired) electrons. The maximum atomic E-state index is 11.2. The SMILES string of the molecule is CNC.CNc1c(C)cc(C#N)cc1C=O.O=Cc1cc2ccccc2n1-c1ncccc1Cl. The molecule has 2 heterocycles. The zero-order chi connectivity index (χ0) is 25.1. The van der Waals surface area contributed by atoms with Gasteiger partial charge in [-0.3, -0.25) is 14.2 Å². The lowest BCUT2D eigenvalue weighted by Crippen LogP contribution is -2.01. The fourth-order valence-corrected chi connectivity index (χ4v) is 3.56. The summed E-state index contributed by atoms with van der Waals surface area (Å²) in [5, 5.41) is 15.8. The van der Waals surface area contributed by atoms with E-state index in [4.69, 9.17) is 16.9 Å². The molecule has 0 aliphatic heterocycles. The van der Waals surface area contributed by atoms with Gasteiger partial charge in [-0.2, -0.15) is 5.26 Å². The third-order valence-electron chi connectivity index (χ3n) is 4.68. The van der Waals surface area contributed by atoms with E-state index in [1.165, 1.54) is 0 Å². The third kappa shape index (κ3) is 6.07. The second-order valence-corrected chi connectivity index (χ2v) is 7.53. The van der Waals surface area contributed by atoms with Crippen LogP contribution in [0.5, 0.6) is 0 Å². The van der Waals surface area contributed by atoms with E-state index in [0.29, 0.717) is 27.7 Å². The number of nitrogens with one attached hydrogen (secondary N) is 2. The highest BCUT2D eigenvalue weighted by Crippen LogP contribution is 2.26. The van der Waals surface area contributed by atoms with Crippen LogP contribution in [0.4, 0.5) is 5.69 Å². The Morgan fingerprint density at radius 3 is 2.32 bits per heavy atom. The lowest BCUT2D eigenvalue weighted by molar-refractivity contribution is 0.111. The number of aryl methyl sites for hydroxylation is 1. The van der Waals surface area contributed by atoms with Crippen LogP contribution in [0.1, 0.15) is 32.0 Å². The topological polar surface area (TPSA) is 99.8 Å². The van der Waals surface area contributed by atoms with Gasteiger partial charge in [0, 0.05) is 29.9 Å². The number of para-hydroxylation sites is 1. The lowest BCUT2D eigenvalue weighted by Gasteiger charge is -2.07. The van der Waals surface area contributed by atoms with Crippen LogP contribution in [0, 0.1) is 18.3 Å². The van der Waals surface area contributed by atoms with Crippen LogP contribution >= 0.6 is 11.6 Å². The van der Waals surface area contributed by atoms with Crippen molar-refractivity contribution < 1.29 is 9.59 Å². The number of carbonyl (C=O) groups is 2. The summed E-state index contributed by atoms with van der Waals surface area (Å²) in [5.74, 6) is 0.572. The van der Waals surface area contributed by atoms with Crippen molar-refractivity contribution in [1.29, 1.82) is 5.26 Å². The minimum absolute atomic E-state index is 0.513. The minimum atomic E-state index is 0.513. The van der Waals surface area contributed by atoms with Crippen LogP contribution in [0.2, 0.25) is 5.02 Å². The van der Waals surface area contributed by atoms with E-state index in [2.05, 4.69) is 15.6 Å². The van der Waals surface area contributed by atoms with Gasteiger partial charge in [-0.05, 0) is 63.0 Å². The Morgan fingerprint density at radius 2 is 1.74 bits per heavy atom. The van der Waals surface area contributed by atoms with Gasteiger partial charge in [0.1, 0.15) is 0 Å². The average Bonchev–Trinajstić information content (AvgIpc) is 3.23. The molecule has 0 unspecified atom stereocenters. The Kier molecular flexibility index (Phi) is 9.96. The summed E-state index contributed by atoms with van der Waals surface area (Å²) in [6.07, 6.45) is 3.22. The van der Waals surface area contributed by atoms with E-state index in [-0.39, 0.29) is 0 Å². The normalized spacial score (nSPS) is 9.65. The molecule has 34 heavy (non-hydrogen) atoms. The van der Waals surface area contributed by atoms with E-state index >= 15 is 0 Å². The molecule has 2 aromatic heterocycles. The first-order valence-electron chi connectivity index (χ1n) is 10.4. The van der Waals surface area contributed by atoms with Crippen LogP contribution in [0.3, 0.4) is 0 Å². The number of nitrogens with zero attached hydrogens (tertiary/aromatic N) is 3. The fourth-order valence-electron chi connectivity index (χ4n) is 3.35. The van der Waals surface area contributed by atoms with Crippen molar-refractivity contribution >= 4 is 40.8 Å². The average molecular weight is 476 g/mol. The second-order valence-electron chi connectivity index (χ2n) is 7.13. The quantitative estimate of drug-likeness (QED) is 0.401. The largest absolute Gasteiger partial charge is 0.387 e. The van der Waals surface area contributed by atoms with Gasteiger partial charge < -0.3 is 10.6 Å². The zero-order valence-electron chi connectivity index (χ0n) is 19.5. The maximum Gasteiger partial charge on any atom is 0.166 e. The number of fused-ring (bicyclic) bond motifs is 1. The summed E-state index contributed by atoms with van der Waals surface area (Å²) in [7, 11) is 5.50. The number of hydrogen-bond acceptors (Lipinski definition) is 6. The van der Waals surface area contributed by atoms with Gasteiger partial charge >= 0.3 is 0 Å². The number of hydrogen-bond donors (Lipinski definition) is 2. The molecule has 174 valence electrons. The maximum absolute atomic E-state index is 11.2. The van der Waals surface area contributed by atoms with E-state index in [9.17, 15) is 9.59 Å². The predicted octanol–water partition coefficient (Wildman–Crippen LogP) is 5.05. The van der Waals surface area contributed by atoms with Crippen molar-refractivity contribution in [3.05, 3.63) is 88.2 Å². The Bertz CT molecular complexity index is 1320. The highest BCUT2D eigenvalue weighted by Gasteiger charge is 2.12. The summed E-state index contributed by atoms with van der Waals surface area (Å²) in [4.78, 5) is 26.1. The molecule has 0 aliphatic rings. The molecule has 8 heteroatoms. The lowest BCUT2D eigenvalue weighted by atomic mass is 10.0. The molecule has 0 atom stereocenters. The Labute approximate surface area is 204 Å². The van der Waals surface area contributed by atoms with E-state index < -0.39 is 0 Å². The van der Waals surface area contributed by atoms with Crippen molar-refractivity contribution in [3.63, 3.8) is 0 Å². The number of pyridine rings is 1. The molecule has 7 nitrogen and oxygen atoms in total. The number of benzene rings is 2. The molecule has 0 amide bonds. The number of aldehydes is 2. The predicted molar refractivity (Wildman–Crippen MR) is 137 cm³/mol. The highest BCUT2D eigenvalue weighted by atomic mass is 35.5. The van der Waals surface area contributed by atoms with Gasteiger partial charge in [0.05, 0.1) is 27.9 Å². The van der Waals surface area contributed by atoms with Crippen molar-refractivity contribution in [3.8, 4) is 11.9 Å². The summed E-state index contributed by atoms with van der Waals surface area (Å²) in [6, 6.07) is 18.4. The van der Waals surface area contributed by atoms with E-state index in [1.807, 2.05) is 57.4 Å². The Hall–Kier alpha value is -3.99. The molecular weight excluding hydrogens is 450 g/mol. The summed E-state index contributed by atoms with van der Waals surface area (Å²) >= 11 is 6.15. The van der Waals surface area contributed by atoms with E-state index in [1.54, 1.807) is 42.1 Å². The Morgan fingerprint density at radius 1 is 1.03 bits per heavy atom. The smallest absolute Gasteiger partial charge is 0.166 e. The molecule has 2 N–H and O–H groups in total. The van der Waals surface area contributed by atoms with E-state index in [0.717, 1.165) is 34.7 Å². The molecule has 0 spiro atoms. The number of halogens is 1. The van der Waals surface area contributed by atoms with Crippen LogP contribution in [-0.4, -0.2) is 43.3 Å². The molecular formula is C26H26ClN5O2. The molecule has 0 saturated heterocycles. The van der Waals surface area contributed by atoms with Gasteiger partial charge in [-0.15, -0.1) is 0 Å². The highest BCUT2D eigenvalue weighted by molar-refractivity contribution is 6.32.